The van der Waals surface area contributed by atoms with E-state index in [9.17, 15) is 36.3 Å². The number of nitriles is 1. The molecule has 19 heteroatoms. The van der Waals surface area contributed by atoms with Crippen LogP contribution in [0.3, 0.4) is 0 Å². The Hall–Kier alpha value is -7.84. The summed E-state index contributed by atoms with van der Waals surface area (Å²) in [5, 5.41) is 12.5. The van der Waals surface area contributed by atoms with E-state index in [1.807, 2.05) is 31.2 Å². The smallest absolute Gasteiger partial charge is 0.406 e. The normalized spacial score (nSPS) is 11.2. The molecular formula is C50H35Cl3F5N7O4. The Labute approximate surface area is 403 Å². The Morgan fingerprint density at radius 3 is 1.29 bits per heavy atom. The molecule has 9 aromatic rings. The van der Waals surface area contributed by atoms with Crippen molar-refractivity contribution in [2.75, 3.05) is 0 Å². The number of aryl methyl sites for hydroxylation is 3. The molecule has 6 aromatic carbocycles. The summed E-state index contributed by atoms with van der Waals surface area (Å²) in [6.45, 7) is 5.29. The average molecular weight is 999 g/mol. The third kappa shape index (κ3) is 10.4. The van der Waals surface area contributed by atoms with Gasteiger partial charge in [0.25, 0.3) is 17.7 Å². The molecule has 350 valence electrons. The van der Waals surface area contributed by atoms with Gasteiger partial charge in [-0.1, -0.05) is 59.1 Å². The number of nitrogens with one attached hydrogen (secondary N) is 3. The first-order chi connectivity index (χ1) is 32.5. The summed E-state index contributed by atoms with van der Waals surface area (Å²) in [5.41, 5.74) is 25.2. The Balaban J connectivity index is 0.000000153. The number of hydrogen-bond donors (Lipinski definition) is 6. The number of aromatic amines is 3. The fraction of sp³-hybridized carbons (Fsp3) is 0.0800. The molecule has 3 aromatic heterocycles. The van der Waals surface area contributed by atoms with E-state index >= 15 is 0 Å². The van der Waals surface area contributed by atoms with Crippen molar-refractivity contribution in [1.82, 2.24) is 15.0 Å². The second-order valence-electron chi connectivity index (χ2n) is 15.5. The van der Waals surface area contributed by atoms with Crippen LogP contribution in [-0.4, -0.2) is 39.0 Å². The summed E-state index contributed by atoms with van der Waals surface area (Å²) in [6.07, 6.45) is -4.75. The molecule has 0 unspecified atom stereocenters. The summed E-state index contributed by atoms with van der Waals surface area (Å²) < 4.78 is 67.8. The number of halogens is 8. The van der Waals surface area contributed by atoms with Gasteiger partial charge in [-0.05, 0) is 121 Å². The SMILES string of the molecule is Cc1c(C(N)=O)[nH]c2c(-c3ccc(C#N)cc3)cc(Cl)cc12.Cc1c(C(N)=O)[nH]c2c(-c3ccc(F)cc3F)cc(Cl)cc12.Cc1c(C(N)=O)[nH]c2c(-c3ccc(OC(F)(F)F)cc3)cc(Cl)cc12. The molecule has 0 saturated carbocycles. The van der Waals surface area contributed by atoms with Gasteiger partial charge in [-0.3, -0.25) is 14.4 Å². The van der Waals surface area contributed by atoms with Crippen molar-refractivity contribution in [1.29, 1.82) is 5.26 Å². The van der Waals surface area contributed by atoms with Crippen LogP contribution in [0.5, 0.6) is 5.75 Å². The number of amides is 3. The molecule has 0 fully saturated rings. The van der Waals surface area contributed by atoms with Crippen LogP contribution in [0.1, 0.15) is 53.7 Å². The second kappa shape index (κ2) is 19.4. The standard InChI is InChI=1S/C17H12ClF3N2O2.C17H12ClN3O.C16H11ClF2N2O/c1-8-12-6-10(18)7-13(15(12)23-14(8)16(22)24)9-2-4-11(5-3-9)25-17(19,20)21;1-9-13-6-12(18)7-14(16(13)21-15(9)17(20)22)11-4-2-10(8-19)3-5-11;1-7-11-4-8(17)5-12(15(11)21-14(7)16(20)22)10-3-2-9(18)6-13(10)19/h2-7,23H,1H3,(H2,22,24);2-7,21H,1H3,(H2,20,22);2-6,21H,1H3,(H2,20,22). The van der Waals surface area contributed by atoms with Crippen molar-refractivity contribution >= 4 is 85.2 Å². The van der Waals surface area contributed by atoms with Crippen molar-refractivity contribution in [2.45, 2.75) is 27.1 Å². The van der Waals surface area contributed by atoms with Gasteiger partial charge in [0.2, 0.25) is 0 Å². The predicted molar refractivity (Wildman–Crippen MR) is 257 cm³/mol. The number of aromatic nitrogens is 3. The predicted octanol–water partition coefficient (Wildman–Crippen LogP) is 12.7. The van der Waals surface area contributed by atoms with Crippen LogP contribution in [0.4, 0.5) is 22.0 Å². The molecular weight excluding hydrogens is 964 g/mol. The van der Waals surface area contributed by atoms with Crippen LogP contribution in [0.2, 0.25) is 15.1 Å². The van der Waals surface area contributed by atoms with Gasteiger partial charge in [0, 0.05) is 59.5 Å². The lowest BCUT2D eigenvalue weighted by Crippen LogP contribution is -2.16. The van der Waals surface area contributed by atoms with Gasteiger partial charge in [0.1, 0.15) is 34.5 Å². The summed E-state index contributed by atoms with van der Waals surface area (Å²) in [5.74, 6) is -3.43. The molecule has 69 heavy (non-hydrogen) atoms. The first-order valence-corrected chi connectivity index (χ1v) is 21.4. The van der Waals surface area contributed by atoms with Crippen LogP contribution < -0.4 is 21.9 Å². The fourth-order valence-electron chi connectivity index (χ4n) is 7.85. The molecule has 0 saturated heterocycles. The zero-order chi connectivity index (χ0) is 50.2. The van der Waals surface area contributed by atoms with E-state index in [1.165, 1.54) is 30.3 Å². The van der Waals surface area contributed by atoms with Gasteiger partial charge in [-0.25, -0.2) is 8.78 Å². The van der Waals surface area contributed by atoms with E-state index < -0.39 is 35.7 Å². The highest BCUT2D eigenvalue weighted by Crippen LogP contribution is 2.38. The molecule has 3 amide bonds. The number of nitrogens with zero attached hydrogens (tertiary/aromatic N) is 1. The molecule has 0 spiro atoms. The Morgan fingerprint density at radius 2 is 0.928 bits per heavy atom. The van der Waals surface area contributed by atoms with Gasteiger partial charge in [-0.2, -0.15) is 5.26 Å². The number of carbonyl (C=O) groups is 3. The summed E-state index contributed by atoms with van der Waals surface area (Å²) in [4.78, 5) is 43.5. The van der Waals surface area contributed by atoms with Crippen LogP contribution in [-0.2, 0) is 0 Å². The summed E-state index contributed by atoms with van der Waals surface area (Å²) in [6, 6.07) is 28.1. The summed E-state index contributed by atoms with van der Waals surface area (Å²) in [7, 11) is 0. The zero-order valence-electron chi connectivity index (χ0n) is 36.2. The van der Waals surface area contributed by atoms with Crippen LogP contribution in [0.15, 0.2) is 103 Å². The Bertz CT molecular complexity index is 3560. The molecule has 0 aliphatic heterocycles. The number of nitrogens with two attached hydrogens (primary N) is 3. The number of alkyl halides is 3. The third-order valence-corrected chi connectivity index (χ3v) is 11.7. The minimum absolute atomic E-state index is 0.186. The maximum atomic E-state index is 14.1. The number of hydrogen-bond acceptors (Lipinski definition) is 5. The van der Waals surface area contributed by atoms with Crippen molar-refractivity contribution in [2.24, 2.45) is 17.2 Å². The molecule has 0 bridgehead atoms. The highest BCUT2D eigenvalue weighted by molar-refractivity contribution is 6.33. The van der Waals surface area contributed by atoms with E-state index in [1.54, 1.807) is 50.2 Å². The highest BCUT2D eigenvalue weighted by Gasteiger charge is 2.31. The first-order valence-electron chi connectivity index (χ1n) is 20.2. The van der Waals surface area contributed by atoms with E-state index in [0.29, 0.717) is 75.9 Å². The molecule has 9 N–H and O–H groups in total. The van der Waals surface area contributed by atoms with Crippen LogP contribution in [0.25, 0.3) is 66.1 Å². The van der Waals surface area contributed by atoms with Gasteiger partial charge < -0.3 is 36.9 Å². The van der Waals surface area contributed by atoms with Gasteiger partial charge in [0.05, 0.1) is 28.2 Å². The number of primary amides is 3. The lowest BCUT2D eigenvalue weighted by Gasteiger charge is -2.10. The van der Waals surface area contributed by atoms with Crippen molar-refractivity contribution in [3.8, 4) is 45.2 Å². The molecule has 9 rings (SSSR count). The van der Waals surface area contributed by atoms with Crippen LogP contribution in [0, 0.1) is 43.7 Å². The minimum Gasteiger partial charge on any atom is -0.406 e. The van der Waals surface area contributed by atoms with Crippen LogP contribution >= 0.6 is 34.8 Å². The minimum atomic E-state index is -4.75. The first kappa shape index (κ1) is 49.1. The number of ether oxygens (including phenoxy) is 1. The van der Waals surface area contributed by atoms with E-state index in [-0.39, 0.29) is 22.7 Å². The number of carbonyl (C=O) groups excluding carboxylic acids is 3. The third-order valence-electron chi connectivity index (χ3n) is 11.1. The number of rotatable bonds is 7. The van der Waals surface area contributed by atoms with Gasteiger partial charge in [-0.15, -0.1) is 13.2 Å². The highest BCUT2D eigenvalue weighted by atomic mass is 35.5. The lowest BCUT2D eigenvalue weighted by atomic mass is 10.0. The molecule has 11 nitrogen and oxygen atoms in total. The molecule has 3 heterocycles. The molecule has 0 atom stereocenters. The van der Waals surface area contributed by atoms with Crippen molar-refractivity contribution in [3.63, 3.8) is 0 Å². The van der Waals surface area contributed by atoms with Crippen molar-refractivity contribution < 1.29 is 41.1 Å². The molecule has 0 radical (unpaired) electrons. The Kier molecular flexibility index (Phi) is 13.8. The number of benzene rings is 6. The van der Waals surface area contributed by atoms with E-state index in [0.717, 1.165) is 39.7 Å². The zero-order valence-corrected chi connectivity index (χ0v) is 38.4. The number of H-pyrrole nitrogens is 3. The topological polar surface area (TPSA) is 210 Å². The molecule has 0 aliphatic carbocycles. The maximum Gasteiger partial charge on any atom is 0.573 e. The van der Waals surface area contributed by atoms with E-state index in [2.05, 4.69) is 25.8 Å². The fourth-order valence-corrected chi connectivity index (χ4v) is 8.50. The maximum absolute atomic E-state index is 14.1. The summed E-state index contributed by atoms with van der Waals surface area (Å²) >= 11 is 18.5. The lowest BCUT2D eigenvalue weighted by molar-refractivity contribution is -0.274. The van der Waals surface area contributed by atoms with Gasteiger partial charge >= 0.3 is 6.36 Å². The van der Waals surface area contributed by atoms with Gasteiger partial charge in [0.15, 0.2) is 0 Å². The van der Waals surface area contributed by atoms with E-state index in [4.69, 9.17) is 57.3 Å². The number of fused-ring (bicyclic) bond motifs is 3. The largest absolute Gasteiger partial charge is 0.573 e. The average Bonchev–Trinajstić information content (AvgIpc) is 3.93. The Morgan fingerprint density at radius 1 is 0.551 bits per heavy atom. The monoisotopic (exact) mass is 997 g/mol. The molecule has 0 aliphatic rings. The second-order valence-corrected chi connectivity index (χ2v) is 16.8. The quantitative estimate of drug-likeness (QED) is 0.0859. The van der Waals surface area contributed by atoms with Crippen molar-refractivity contribution in [3.05, 3.63) is 169 Å².